The summed E-state index contributed by atoms with van der Waals surface area (Å²) in [5.41, 5.74) is 1.13. The number of amides is 3. The van der Waals surface area contributed by atoms with Gasteiger partial charge in [-0.3, -0.25) is 24.2 Å². The van der Waals surface area contributed by atoms with Crippen LogP contribution < -0.4 is 16.0 Å². The minimum atomic E-state index is -1.05. The first kappa shape index (κ1) is 24.7. The van der Waals surface area contributed by atoms with Gasteiger partial charge in [0.2, 0.25) is 11.7 Å². The van der Waals surface area contributed by atoms with Crippen molar-refractivity contribution in [1.29, 1.82) is 0 Å². The fraction of sp³-hybridized carbons (Fsp3) is 0.375. The van der Waals surface area contributed by atoms with Gasteiger partial charge in [0, 0.05) is 25.4 Å². The zero-order valence-corrected chi connectivity index (χ0v) is 18.6. The molecule has 8 heteroatoms. The Bertz CT molecular complexity index is 916. The molecule has 0 aliphatic rings. The fourth-order valence-corrected chi connectivity index (χ4v) is 3.18. The number of carbonyl (C=O) groups excluding carboxylic acids is 4. The molecule has 3 amide bonds. The zero-order chi connectivity index (χ0) is 23.5. The number of carbonyl (C=O) groups is 4. The Labute approximate surface area is 188 Å². The van der Waals surface area contributed by atoms with Gasteiger partial charge in [0.15, 0.2) is 0 Å². The van der Waals surface area contributed by atoms with Crippen molar-refractivity contribution in [2.24, 2.45) is 5.92 Å². The second kappa shape index (κ2) is 12.3. The molecule has 1 unspecified atom stereocenters. The summed E-state index contributed by atoms with van der Waals surface area (Å²) in [5.74, 6) is -2.34. The molecule has 8 nitrogen and oxygen atoms in total. The number of pyridine rings is 1. The van der Waals surface area contributed by atoms with Crippen LogP contribution in [0.3, 0.4) is 0 Å². The third-order valence-corrected chi connectivity index (χ3v) is 4.73. The van der Waals surface area contributed by atoms with Crippen molar-refractivity contribution < 1.29 is 19.2 Å². The highest BCUT2D eigenvalue weighted by Gasteiger charge is 2.30. The van der Waals surface area contributed by atoms with Crippen LogP contribution in [0.25, 0.3) is 0 Å². The first-order valence-electron chi connectivity index (χ1n) is 10.7. The standard InChI is InChI=1S/C24H30N4O4/c1-4-26-24(32)21(29)19(14-17-9-6-5-7-10-17)27-23(31)20(13-16(2)3)28-22(30)18-11-8-12-25-15-18/h5-12,15-16,19-20H,4,13-14H2,1-3H3,(H,26,32)(H,27,31)(H,28,30)/t19?,20-/m0/s1. The molecule has 3 N–H and O–H groups in total. The van der Waals surface area contributed by atoms with Gasteiger partial charge < -0.3 is 16.0 Å². The number of hydrogen-bond donors (Lipinski definition) is 3. The summed E-state index contributed by atoms with van der Waals surface area (Å²) < 4.78 is 0. The average molecular weight is 439 g/mol. The predicted octanol–water partition coefficient (Wildman–Crippen LogP) is 1.66. The van der Waals surface area contributed by atoms with Crippen LogP contribution >= 0.6 is 0 Å². The highest BCUT2D eigenvalue weighted by Crippen LogP contribution is 2.09. The molecule has 170 valence electrons. The minimum Gasteiger partial charge on any atom is -0.350 e. The molecule has 0 bridgehead atoms. The minimum absolute atomic E-state index is 0.103. The zero-order valence-electron chi connectivity index (χ0n) is 18.6. The van der Waals surface area contributed by atoms with Crippen LogP contribution in [0.1, 0.15) is 43.1 Å². The highest BCUT2D eigenvalue weighted by molar-refractivity contribution is 6.38. The van der Waals surface area contributed by atoms with Gasteiger partial charge in [-0.15, -0.1) is 0 Å². The van der Waals surface area contributed by atoms with Gasteiger partial charge in [0.25, 0.3) is 11.8 Å². The summed E-state index contributed by atoms with van der Waals surface area (Å²) in [7, 11) is 0. The summed E-state index contributed by atoms with van der Waals surface area (Å²) in [5, 5.41) is 7.89. The molecule has 0 radical (unpaired) electrons. The number of Topliss-reactive ketones (excluding diaryl/α,β-unsaturated/α-hetero) is 1. The van der Waals surface area contributed by atoms with Crippen molar-refractivity contribution in [3.63, 3.8) is 0 Å². The Morgan fingerprint density at radius 2 is 1.66 bits per heavy atom. The maximum absolute atomic E-state index is 13.1. The first-order valence-corrected chi connectivity index (χ1v) is 10.7. The molecule has 0 aliphatic carbocycles. The number of nitrogens with one attached hydrogen (secondary N) is 3. The molecule has 2 aromatic rings. The van der Waals surface area contributed by atoms with Crippen LogP contribution in [0.15, 0.2) is 54.9 Å². The topological polar surface area (TPSA) is 117 Å². The van der Waals surface area contributed by atoms with Crippen LogP contribution in [0, 0.1) is 5.92 Å². The van der Waals surface area contributed by atoms with Crippen molar-refractivity contribution in [3.8, 4) is 0 Å². The largest absolute Gasteiger partial charge is 0.350 e. The van der Waals surface area contributed by atoms with E-state index in [2.05, 4.69) is 20.9 Å². The maximum atomic E-state index is 13.1. The van der Waals surface area contributed by atoms with E-state index in [0.717, 1.165) is 5.56 Å². The first-order chi connectivity index (χ1) is 15.3. The fourth-order valence-electron chi connectivity index (χ4n) is 3.18. The Balaban J connectivity index is 2.20. The molecule has 1 heterocycles. The van der Waals surface area contributed by atoms with E-state index < -0.39 is 35.6 Å². The van der Waals surface area contributed by atoms with Gasteiger partial charge in [-0.05, 0) is 37.0 Å². The van der Waals surface area contributed by atoms with Gasteiger partial charge in [-0.1, -0.05) is 44.2 Å². The molecule has 2 rings (SSSR count). The third-order valence-electron chi connectivity index (χ3n) is 4.73. The molecule has 0 saturated carbocycles. The molecule has 0 spiro atoms. The highest BCUT2D eigenvalue weighted by atomic mass is 16.2. The van der Waals surface area contributed by atoms with Crippen LogP contribution in [-0.2, 0) is 20.8 Å². The average Bonchev–Trinajstić information content (AvgIpc) is 2.78. The lowest BCUT2D eigenvalue weighted by atomic mass is 9.99. The van der Waals surface area contributed by atoms with Crippen molar-refractivity contribution in [2.75, 3.05) is 6.54 Å². The summed E-state index contributed by atoms with van der Waals surface area (Å²) in [4.78, 5) is 54.5. The Morgan fingerprint density at radius 3 is 2.25 bits per heavy atom. The van der Waals surface area contributed by atoms with Gasteiger partial charge in [0.1, 0.15) is 12.1 Å². The van der Waals surface area contributed by atoms with Crippen molar-refractivity contribution in [1.82, 2.24) is 20.9 Å². The lowest BCUT2D eigenvalue weighted by Crippen LogP contribution is -2.54. The monoisotopic (exact) mass is 438 g/mol. The van der Waals surface area contributed by atoms with E-state index >= 15 is 0 Å². The number of ketones is 1. The third kappa shape index (κ3) is 7.61. The Kier molecular flexibility index (Phi) is 9.53. The molecular formula is C24H30N4O4. The summed E-state index contributed by atoms with van der Waals surface area (Å²) in [6.45, 7) is 5.87. The smallest absolute Gasteiger partial charge is 0.289 e. The van der Waals surface area contributed by atoms with E-state index in [0.29, 0.717) is 18.5 Å². The lowest BCUT2D eigenvalue weighted by molar-refractivity contribution is -0.140. The normalized spacial score (nSPS) is 12.5. The van der Waals surface area contributed by atoms with E-state index in [4.69, 9.17) is 0 Å². The summed E-state index contributed by atoms with van der Waals surface area (Å²) in [6.07, 6.45) is 3.49. The van der Waals surface area contributed by atoms with Crippen molar-refractivity contribution >= 4 is 23.5 Å². The molecule has 32 heavy (non-hydrogen) atoms. The number of likely N-dealkylation sites (N-methyl/N-ethyl adjacent to an activating group) is 1. The van der Waals surface area contributed by atoms with Gasteiger partial charge in [-0.25, -0.2) is 0 Å². The van der Waals surface area contributed by atoms with E-state index in [-0.39, 0.29) is 12.3 Å². The van der Waals surface area contributed by atoms with E-state index in [9.17, 15) is 19.2 Å². The summed E-state index contributed by atoms with van der Waals surface area (Å²) >= 11 is 0. The summed E-state index contributed by atoms with van der Waals surface area (Å²) in [6, 6.07) is 10.4. The van der Waals surface area contributed by atoms with Crippen LogP contribution in [0.2, 0.25) is 0 Å². The molecule has 1 aromatic carbocycles. The molecule has 0 aliphatic heterocycles. The second-order valence-corrected chi connectivity index (χ2v) is 7.87. The van der Waals surface area contributed by atoms with Crippen LogP contribution in [-0.4, -0.2) is 47.1 Å². The predicted molar refractivity (Wildman–Crippen MR) is 121 cm³/mol. The van der Waals surface area contributed by atoms with Gasteiger partial charge >= 0.3 is 0 Å². The van der Waals surface area contributed by atoms with E-state index in [1.165, 1.54) is 6.20 Å². The van der Waals surface area contributed by atoms with Gasteiger partial charge in [0.05, 0.1) is 5.56 Å². The Morgan fingerprint density at radius 1 is 0.938 bits per heavy atom. The Hall–Kier alpha value is -3.55. The SMILES string of the molecule is CCNC(=O)C(=O)C(Cc1ccccc1)NC(=O)[C@H](CC(C)C)NC(=O)c1cccnc1. The molecule has 0 fully saturated rings. The quantitative estimate of drug-likeness (QED) is 0.461. The number of benzene rings is 1. The molecule has 0 saturated heterocycles. The van der Waals surface area contributed by atoms with Gasteiger partial charge in [-0.2, -0.15) is 0 Å². The number of hydrogen-bond acceptors (Lipinski definition) is 5. The number of aromatic nitrogens is 1. The van der Waals surface area contributed by atoms with Crippen LogP contribution in [0.4, 0.5) is 0 Å². The maximum Gasteiger partial charge on any atom is 0.289 e. The van der Waals surface area contributed by atoms with E-state index in [1.54, 1.807) is 25.3 Å². The molecule has 1 aromatic heterocycles. The van der Waals surface area contributed by atoms with E-state index in [1.807, 2.05) is 44.2 Å². The second-order valence-electron chi connectivity index (χ2n) is 7.87. The number of rotatable bonds is 11. The van der Waals surface area contributed by atoms with Crippen molar-refractivity contribution in [2.45, 2.75) is 45.7 Å². The molecule has 2 atom stereocenters. The lowest BCUT2D eigenvalue weighted by Gasteiger charge is -2.24. The van der Waals surface area contributed by atoms with Crippen molar-refractivity contribution in [3.05, 3.63) is 66.0 Å². The molecular weight excluding hydrogens is 408 g/mol. The van der Waals surface area contributed by atoms with Crippen LogP contribution in [0.5, 0.6) is 0 Å². The number of nitrogens with zero attached hydrogens (tertiary/aromatic N) is 1.